The Hall–Kier alpha value is -0.970. The average Bonchev–Trinajstić information content (AvgIpc) is 2.61. The Kier molecular flexibility index (Phi) is 13.4. The van der Waals surface area contributed by atoms with Crippen molar-refractivity contribution >= 4 is 0 Å². The summed E-state index contributed by atoms with van der Waals surface area (Å²) < 4.78 is 30.6. The fraction of sp³-hybridized carbons (Fsp3) is 0.727. The van der Waals surface area contributed by atoms with Crippen molar-refractivity contribution in [2.75, 3.05) is 13.2 Å². The molecule has 0 N–H and O–H groups in total. The van der Waals surface area contributed by atoms with Crippen LogP contribution >= 0.6 is 0 Å². The van der Waals surface area contributed by atoms with Crippen LogP contribution in [0.1, 0.15) is 77.7 Å². The number of halogens is 1. The molecular weight excluding hydrogens is 331 g/mol. The lowest BCUT2D eigenvalue weighted by molar-refractivity contribution is -0.301. The van der Waals surface area contributed by atoms with Gasteiger partial charge >= 0.3 is 0 Å². The van der Waals surface area contributed by atoms with Gasteiger partial charge in [-0.05, 0) is 44.4 Å². The van der Waals surface area contributed by atoms with Gasteiger partial charge in [0.1, 0.15) is 5.82 Å². The van der Waals surface area contributed by atoms with Crippen LogP contribution in [0.25, 0.3) is 0 Å². The third-order valence-electron chi connectivity index (χ3n) is 4.39. The molecule has 0 aromatic heterocycles. The number of hydrogen-bond acceptors (Lipinski definition) is 3. The average molecular weight is 369 g/mol. The van der Waals surface area contributed by atoms with Crippen molar-refractivity contribution in [2.24, 2.45) is 0 Å². The summed E-state index contributed by atoms with van der Waals surface area (Å²) in [7, 11) is 0. The van der Waals surface area contributed by atoms with E-state index in [2.05, 4.69) is 6.92 Å². The van der Waals surface area contributed by atoms with Gasteiger partial charge in [-0.25, -0.2) is 4.39 Å². The van der Waals surface area contributed by atoms with Gasteiger partial charge in [-0.1, -0.05) is 64.0 Å². The minimum Gasteiger partial charge on any atom is -0.330 e. The molecule has 1 unspecified atom stereocenters. The van der Waals surface area contributed by atoms with Crippen molar-refractivity contribution in [3.63, 3.8) is 0 Å². The number of benzene rings is 1. The summed E-state index contributed by atoms with van der Waals surface area (Å²) in [6.45, 7) is 6.51. The zero-order chi connectivity index (χ0) is 19.0. The van der Waals surface area contributed by atoms with Gasteiger partial charge in [0.15, 0.2) is 0 Å². The van der Waals surface area contributed by atoms with E-state index in [1.54, 1.807) is 12.1 Å². The maximum Gasteiger partial charge on any atom is 0.271 e. The molecular formula is C22H37FO3. The molecule has 1 rings (SSSR count). The third kappa shape index (κ3) is 10.9. The Morgan fingerprint density at radius 3 is 2.15 bits per heavy atom. The van der Waals surface area contributed by atoms with E-state index < -0.39 is 6.48 Å². The van der Waals surface area contributed by atoms with Gasteiger partial charge in [-0.15, -0.1) is 0 Å². The second-order valence-electron chi connectivity index (χ2n) is 6.70. The van der Waals surface area contributed by atoms with Crippen molar-refractivity contribution in [2.45, 2.75) is 91.1 Å². The van der Waals surface area contributed by atoms with Crippen molar-refractivity contribution in [1.82, 2.24) is 0 Å². The predicted molar refractivity (Wildman–Crippen MR) is 105 cm³/mol. The molecule has 1 aromatic rings. The highest BCUT2D eigenvalue weighted by atomic mass is 19.1. The van der Waals surface area contributed by atoms with Gasteiger partial charge in [0.05, 0.1) is 6.10 Å². The molecule has 0 bridgehead atoms. The van der Waals surface area contributed by atoms with E-state index in [1.807, 2.05) is 19.9 Å². The van der Waals surface area contributed by atoms with Crippen LogP contribution in [0, 0.1) is 5.82 Å². The first kappa shape index (κ1) is 23.1. The summed E-state index contributed by atoms with van der Waals surface area (Å²) in [6, 6.07) is 6.74. The maximum absolute atomic E-state index is 13.5. The summed E-state index contributed by atoms with van der Waals surface area (Å²) in [5, 5.41) is 0. The highest BCUT2D eigenvalue weighted by Crippen LogP contribution is 2.18. The number of ether oxygens (including phenoxy) is 3. The number of unbranched alkanes of at least 4 members (excludes halogenated alkanes) is 6. The van der Waals surface area contributed by atoms with Crippen molar-refractivity contribution in [3.05, 3.63) is 35.6 Å². The monoisotopic (exact) mass is 368 g/mol. The minimum absolute atomic E-state index is 0.0319. The maximum atomic E-state index is 13.5. The molecule has 0 amide bonds. The normalized spacial score (nSPS) is 12.7. The molecule has 150 valence electrons. The third-order valence-corrected chi connectivity index (χ3v) is 4.39. The molecule has 4 heteroatoms. The Morgan fingerprint density at radius 1 is 0.885 bits per heavy atom. The summed E-state index contributed by atoms with van der Waals surface area (Å²) in [5.74, 6) is -0.205. The summed E-state index contributed by atoms with van der Waals surface area (Å²) in [4.78, 5) is 0. The van der Waals surface area contributed by atoms with E-state index in [1.165, 1.54) is 44.6 Å². The highest BCUT2D eigenvalue weighted by Gasteiger charge is 2.18. The van der Waals surface area contributed by atoms with Gasteiger partial charge in [-0.3, -0.25) is 0 Å². The molecule has 0 saturated carbocycles. The Bertz CT molecular complexity index is 447. The lowest BCUT2D eigenvalue weighted by atomic mass is 10.0. The van der Waals surface area contributed by atoms with Crippen LogP contribution in [0.3, 0.4) is 0 Å². The fourth-order valence-corrected chi connectivity index (χ4v) is 3.03. The van der Waals surface area contributed by atoms with E-state index in [0.29, 0.717) is 19.6 Å². The zero-order valence-corrected chi connectivity index (χ0v) is 16.8. The Morgan fingerprint density at radius 2 is 1.54 bits per heavy atom. The number of hydrogen-bond donors (Lipinski definition) is 0. The standard InChI is InChI=1S/C22H37FO3/c1-4-7-8-9-10-11-12-16-21(26-22(24-5-2)25-6-3)18-19-14-13-15-20(23)17-19/h13-15,17,21-22H,4-12,16,18H2,1-3H3. The first-order valence-corrected chi connectivity index (χ1v) is 10.3. The molecule has 1 atom stereocenters. The van der Waals surface area contributed by atoms with Crippen LogP contribution in [-0.2, 0) is 20.6 Å². The SMILES string of the molecule is CCCCCCCCCC(Cc1cccc(F)c1)OC(OCC)OCC. The summed E-state index contributed by atoms with van der Waals surface area (Å²) in [5.41, 5.74) is 0.949. The second-order valence-corrected chi connectivity index (χ2v) is 6.70. The lowest BCUT2D eigenvalue weighted by Crippen LogP contribution is -2.29. The largest absolute Gasteiger partial charge is 0.330 e. The van der Waals surface area contributed by atoms with E-state index in [4.69, 9.17) is 14.2 Å². The first-order chi connectivity index (χ1) is 12.7. The van der Waals surface area contributed by atoms with Crippen molar-refractivity contribution < 1.29 is 18.6 Å². The summed E-state index contributed by atoms with van der Waals surface area (Å²) >= 11 is 0. The highest BCUT2D eigenvalue weighted by molar-refractivity contribution is 5.17. The lowest BCUT2D eigenvalue weighted by Gasteiger charge is -2.24. The van der Waals surface area contributed by atoms with E-state index in [9.17, 15) is 4.39 Å². The van der Waals surface area contributed by atoms with Crippen LogP contribution in [0.5, 0.6) is 0 Å². The molecule has 0 fully saturated rings. The van der Waals surface area contributed by atoms with Crippen LogP contribution in [0.4, 0.5) is 4.39 Å². The van der Waals surface area contributed by atoms with Gasteiger partial charge in [0.25, 0.3) is 6.48 Å². The summed E-state index contributed by atoms with van der Waals surface area (Å²) in [6.07, 6.45) is 10.4. The first-order valence-electron chi connectivity index (χ1n) is 10.3. The Labute approximate surface area is 159 Å². The van der Waals surface area contributed by atoms with E-state index >= 15 is 0 Å². The van der Waals surface area contributed by atoms with Crippen LogP contribution in [0.15, 0.2) is 24.3 Å². The zero-order valence-electron chi connectivity index (χ0n) is 16.8. The van der Waals surface area contributed by atoms with E-state index in [0.717, 1.165) is 18.4 Å². The van der Waals surface area contributed by atoms with Gasteiger partial charge in [-0.2, -0.15) is 0 Å². The van der Waals surface area contributed by atoms with Crippen molar-refractivity contribution in [1.29, 1.82) is 0 Å². The van der Waals surface area contributed by atoms with Crippen molar-refractivity contribution in [3.8, 4) is 0 Å². The van der Waals surface area contributed by atoms with E-state index in [-0.39, 0.29) is 11.9 Å². The molecule has 0 spiro atoms. The molecule has 0 aliphatic rings. The molecule has 26 heavy (non-hydrogen) atoms. The molecule has 0 heterocycles. The Balaban J connectivity index is 2.51. The molecule has 3 nitrogen and oxygen atoms in total. The van der Waals surface area contributed by atoms with Gasteiger partial charge in [0, 0.05) is 13.2 Å². The molecule has 0 radical (unpaired) electrons. The fourth-order valence-electron chi connectivity index (χ4n) is 3.03. The molecule has 0 aliphatic carbocycles. The molecule has 1 aromatic carbocycles. The molecule has 0 saturated heterocycles. The van der Waals surface area contributed by atoms with Crippen LogP contribution < -0.4 is 0 Å². The molecule has 0 aliphatic heterocycles. The van der Waals surface area contributed by atoms with Gasteiger partial charge < -0.3 is 14.2 Å². The van der Waals surface area contributed by atoms with Gasteiger partial charge in [0.2, 0.25) is 0 Å². The predicted octanol–water partition coefficient (Wildman–Crippen LogP) is 6.25. The van der Waals surface area contributed by atoms with Crippen LogP contribution in [0.2, 0.25) is 0 Å². The second kappa shape index (κ2) is 15.1. The topological polar surface area (TPSA) is 27.7 Å². The smallest absolute Gasteiger partial charge is 0.271 e. The quantitative estimate of drug-likeness (QED) is 0.255. The van der Waals surface area contributed by atoms with Crippen LogP contribution in [-0.4, -0.2) is 25.8 Å². The number of rotatable bonds is 16. The minimum atomic E-state index is -0.645.